The monoisotopic (exact) mass is 301 g/mol. The Balaban J connectivity index is 1.70. The zero-order chi connectivity index (χ0) is 15.5. The number of rotatable bonds is 4. The summed E-state index contributed by atoms with van der Waals surface area (Å²) in [6.07, 6.45) is 7.50. The van der Waals surface area contributed by atoms with Crippen LogP contribution in [0.2, 0.25) is 0 Å². The summed E-state index contributed by atoms with van der Waals surface area (Å²) in [6, 6.07) is 2.75. The highest BCUT2D eigenvalue weighted by molar-refractivity contribution is 5.54. The van der Waals surface area contributed by atoms with Crippen LogP contribution in [0.3, 0.4) is 0 Å². The molecule has 6 heteroatoms. The molecule has 1 aromatic rings. The van der Waals surface area contributed by atoms with Crippen LogP contribution in [0.1, 0.15) is 51.0 Å². The van der Waals surface area contributed by atoms with Gasteiger partial charge in [0.25, 0.3) is 0 Å². The predicted molar refractivity (Wildman–Crippen MR) is 84.4 cm³/mol. The fourth-order valence-electron chi connectivity index (χ4n) is 3.00. The van der Waals surface area contributed by atoms with Crippen molar-refractivity contribution in [1.29, 1.82) is 5.26 Å². The van der Waals surface area contributed by atoms with Crippen LogP contribution < -0.4 is 10.6 Å². The minimum atomic E-state index is -0.286. The number of aliphatic hydroxyl groups is 1. The number of hydrogen-bond acceptors (Lipinski definition) is 6. The van der Waals surface area contributed by atoms with Crippen molar-refractivity contribution in [2.75, 3.05) is 10.6 Å². The van der Waals surface area contributed by atoms with Gasteiger partial charge in [0.05, 0.1) is 12.3 Å². The van der Waals surface area contributed by atoms with E-state index in [1.54, 1.807) is 6.20 Å². The molecule has 2 fully saturated rings. The van der Waals surface area contributed by atoms with Crippen LogP contribution in [0.4, 0.5) is 11.8 Å². The lowest BCUT2D eigenvalue weighted by molar-refractivity contribution is 0.0739. The number of anilines is 2. The van der Waals surface area contributed by atoms with Gasteiger partial charge < -0.3 is 15.7 Å². The van der Waals surface area contributed by atoms with Crippen molar-refractivity contribution in [3.63, 3.8) is 0 Å². The molecule has 0 bridgehead atoms. The van der Waals surface area contributed by atoms with Crippen molar-refractivity contribution < 1.29 is 5.11 Å². The number of hydrogen-bond donors (Lipinski definition) is 3. The van der Waals surface area contributed by atoms with Crippen molar-refractivity contribution in [1.82, 2.24) is 9.97 Å². The summed E-state index contributed by atoms with van der Waals surface area (Å²) in [4.78, 5) is 8.68. The Labute approximate surface area is 131 Å². The van der Waals surface area contributed by atoms with Gasteiger partial charge >= 0.3 is 0 Å². The van der Waals surface area contributed by atoms with Crippen molar-refractivity contribution in [2.24, 2.45) is 5.92 Å². The normalized spacial score (nSPS) is 28.5. The molecule has 1 aromatic heterocycles. The lowest BCUT2D eigenvalue weighted by Crippen LogP contribution is -2.35. The Bertz CT molecular complexity index is 566. The molecule has 0 aliphatic heterocycles. The lowest BCUT2D eigenvalue weighted by atomic mass is 9.85. The summed E-state index contributed by atoms with van der Waals surface area (Å²) in [6.45, 7) is 2.08. The number of aliphatic hydroxyl groups excluding tert-OH is 1. The van der Waals surface area contributed by atoms with E-state index in [0.717, 1.165) is 25.7 Å². The molecule has 3 atom stereocenters. The second kappa shape index (κ2) is 6.49. The molecule has 0 unspecified atom stereocenters. The van der Waals surface area contributed by atoms with Crippen molar-refractivity contribution in [3.8, 4) is 6.07 Å². The maximum atomic E-state index is 10.0. The molecule has 0 amide bonds. The zero-order valence-electron chi connectivity index (χ0n) is 12.9. The molecule has 0 saturated heterocycles. The summed E-state index contributed by atoms with van der Waals surface area (Å²) in [5, 5.41) is 25.9. The molecule has 6 nitrogen and oxygen atoms in total. The highest BCUT2D eigenvalue weighted by Gasteiger charge is 2.27. The van der Waals surface area contributed by atoms with Gasteiger partial charge in [-0.2, -0.15) is 10.2 Å². The van der Waals surface area contributed by atoms with Crippen molar-refractivity contribution in [2.45, 2.75) is 63.6 Å². The van der Waals surface area contributed by atoms with Gasteiger partial charge in [-0.1, -0.05) is 6.92 Å². The van der Waals surface area contributed by atoms with E-state index in [1.807, 2.05) is 0 Å². The third-order valence-corrected chi connectivity index (χ3v) is 4.84. The number of nitriles is 1. The summed E-state index contributed by atoms with van der Waals surface area (Å²) >= 11 is 0. The first kappa shape index (κ1) is 15.0. The maximum absolute atomic E-state index is 10.0. The van der Waals surface area contributed by atoms with Gasteiger partial charge in [0, 0.05) is 12.1 Å². The van der Waals surface area contributed by atoms with E-state index in [-0.39, 0.29) is 12.1 Å². The van der Waals surface area contributed by atoms with E-state index >= 15 is 0 Å². The van der Waals surface area contributed by atoms with E-state index < -0.39 is 0 Å². The van der Waals surface area contributed by atoms with Crippen molar-refractivity contribution >= 4 is 11.8 Å². The Hall–Kier alpha value is -1.87. The Morgan fingerprint density at radius 1 is 1.23 bits per heavy atom. The minimum absolute atomic E-state index is 0.157. The van der Waals surface area contributed by atoms with Gasteiger partial charge in [-0.05, 0) is 44.4 Å². The van der Waals surface area contributed by atoms with Crippen LogP contribution in [0.15, 0.2) is 6.20 Å². The maximum Gasteiger partial charge on any atom is 0.224 e. The highest BCUT2D eigenvalue weighted by Crippen LogP contribution is 2.28. The van der Waals surface area contributed by atoms with Crippen LogP contribution in [-0.2, 0) is 0 Å². The molecule has 0 aromatic carbocycles. The quantitative estimate of drug-likeness (QED) is 0.790. The number of nitrogens with one attached hydrogen (secondary N) is 2. The minimum Gasteiger partial charge on any atom is -0.393 e. The largest absolute Gasteiger partial charge is 0.393 e. The Morgan fingerprint density at radius 2 is 2.05 bits per heavy atom. The number of nitrogens with zero attached hydrogens (tertiary/aromatic N) is 3. The fraction of sp³-hybridized carbons (Fsp3) is 0.688. The van der Waals surface area contributed by atoms with E-state index in [0.29, 0.717) is 35.7 Å². The molecule has 22 heavy (non-hydrogen) atoms. The van der Waals surface area contributed by atoms with E-state index in [4.69, 9.17) is 0 Å². The van der Waals surface area contributed by atoms with Crippen LogP contribution in [0, 0.1) is 17.2 Å². The summed E-state index contributed by atoms with van der Waals surface area (Å²) < 4.78 is 0. The van der Waals surface area contributed by atoms with Crippen LogP contribution >= 0.6 is 0 Å². The van der Waals surface area contributed by atoms with E-state index in [1.165, 1.54) is 6.42 Å². The third kappa shape index (κ3) is 3.30. The highest BCUT2D eigenvalue weighted by atomic mass is 16.3. The first-order valence-electron chi connectivity index (χ1n) is 8.14. The summed E-state index contributed by atoms with van der Waals surface area (Å²) in [5.74, 6) is 1.50. The molecular weight excluding hydrogens is 278 g/mol. The average molecular weight is 301 g/mol. The fourth-order valence-corrected chi connectivity index (χ4v) is 3.00. The SMILES string of the molecule is C[C@@H]1CC[C@@H](Nc2nc(NC3CCC3)ncc2C#N)C[C@H]1O. The second-order valence-electron chi connectivity index (χ2n) is 6.54. The third-order valence-electron chi connectivity index (χ3n) is 4.84. The van der Waals surface area contributed by atoms with E-state index in [9.17, 15) is 10.4 Å². The first-order valence-corrected chi connectivity index (χ1v) is 8.14. The zero-order valence-corrected chi connectivity index (χ0v) is 12.9. The van der Waals surface area contributed by atoms with Crippen LogP contribution in [0.5, 0.6) is 0 Å². The molecule has 1 heterocycles. The topological polar surface area (TPSA) is 93.9 Å². The number of aromatic nitrogens is 2. The van der Waals surface area contributed by atoms with Gasteiger partial charge in [-0.3, -0.25) is 0 Å². The standard InChI is InChI=1S/C16H23N5O/c1-10-5-6-13(7-14(10)22)19-15-11(8-17)9-18-16(21-15)20-12-3-2-4-12/h9-10,12-14,22H,2-7H2,1H3,(H2,18,19,20,21)/t10-,13-,14-/m1/s1. The molecule has 2 aliphatic carbocycles. The van der Waals surface area contributed by atoms with Gasteiger partial charge in [-0.25, -0.2) is 4.98 Å². The first-order chi connectivity index (χ1) is 10.7. The van der Waals surface area contributed by atoms with E-state index in [2.05, 4.69) is 33.6 Å². The Kier molecular flexibility index (Phi) is 4.44. The summed E-state index contributed by atoms with van der Waals surface area (Å²) in [5.41, 5.74) is 0.451. The molecule has 3 N–H and O–H groups in total. The molecular formula is C16H23N5O. The molecule has 0 radical (unpaired) electrons. The molecule has 2 aliphatic rings. The molecule has 118 valence electrons. The molecule has 2 saturated carbocycles. The van der Waals surface area contributed by atoms with Gasteiger partial charge in [-0.15, -0.1) is 0 Å². The summed E-state index contributed by atoms with van der Waals surface area (Å²) in [7, 11) is 0. The average Bonchev–Trinajstić information content (AvgIpc) is 2.47. The van der Waals surface area contributed by atoms with Gasteiger partial charge in [0.15, 0.2) is 0 Å². The second-order valence-corrected chi connectivity index (χ2v) is 6.54. The van der Waals surface area contributed by atoms with Gasteiger partial charge in [0.2, 0.25) is 5.95 Å². The molecule has 0 spiro atoms. The predicted octanol–water partition coefficient (Wildman–Crippen LogP) is 2.27. The lowest BCUT2D eigenvalue weighted by Gasteiger charge is -2.32. The van der Waals surface area contributed by atoms with Crippen LogP contribution in [-0.4, -0.2) is 33.3 Å². The smallest absolute Gasteiger partial charge is 0.224 e. The Morgan fingerprint density at radius 3 is 2.68 bits per heavy atom. The van der Waals surface area contributed by atoms with Crippen LogP contribution in [0.25, 0.3) is 0 Å². The van der Waals surface area contributed by atoms with Crippen molar-refractivity contribution in [3.05, 3.63) is 11.8 Å². The van der Waals surface area contributed by atoms with Gasteiger partial charge in [0.1, 0.15) is 17.5 Å². The molecule has 3 rings (SSSR count).